The van der Waals surface area contributed by atoms with Crippen LogP contribution in [0.3, 0.4) is 0 Å². The third kappa shape index (κ3) is 10.7. The Balaban J connectivity index is 5.49. The highest BCUT2D eigenvalue weighted by molar-refractivity contribution is 6.83. The van der Waals surface area contributed by atoms with Crippen LogP contribution in [0.4, 0.5) is 0 Å². The summed E-state index contributed by atoms with van der Waals surface area (Å²) in [5, 5.41) is -0.228. The zero-order valence-electron chi connectivity index (χ0n) is 26.7. The van der Waals surface area contributed by atoms with Crippen molar-refractivity contribution in [1.29, 1.82) is 0 Å². The molecule has 0 N–H and O–H groups in total. The first kappa shape index (κ1) is 36.7. The molecule has 0 heterocycles. The topological polar surface area (TPSA) is 54.0 Å². The van der Waals surface area contributed by atoms with Gasteiger partial charge in [0.05, 0.1) is 19.9 Å². The van der Waals surface area contributed by atoms with Crippen molar-refractivity contribution in [2.45, 2.75) is 148 Å². The summed E-state index contributed by atoms with van der Waals surface area (Å²) in [5.74, 6) is -0.354. The Labute approximate surface area is 233 Å². The maximum Gasteiger partial charge on any atom is 0.333 e. The molecule has 0 bridgehead atoms. The molecular formula is C29H62O5Si3. The van der Waals surface area contributed by atoms with Crippen molar-refractivity contribution in [3.63, 3.8) is 0 Å². The number of hydrogen-bond donors (Lipinski definition) is 0. The van der Waals surface area contributed by atoms with E-state index in [0.29, 0.717) is 18.8 Å². The molecule has 0 aromatic rings. The second-order valence-electron chi connectivity index (χ2n) is 12.5. The average Bonchev–Trinajstić information content (AvgIpc) is 2.83. The molecule has 0 aromatic heterocycles. The van der Waals surface area contributed by atoms with Crippen molar-refractivity contribution in [2.24, 2.45) is 0 Å². The molecule has 0 amide bonds. The van der Waals surface area contributed by atoms with Crippen molar-refractivity contribution in [1.82, 2.24) is 0 Å². The lowest BCUT2D eigenvalue weighted by Gasteiger charge is -2.55. The van der Waals surface area contributed by atoms with E-state index >= 15 is 0 Å². The van der Waals surface area contributed by atoms with E-state index in [9.17, 15) is 4.79 Å². The molecule has 0 fully saturated rings. The summed E-state index contributed by atoms with van der Waals surface area (Å²) >= 11 is 0. The van der Waals surface area contributed by atoms with E-state index in [1.54, 1.807) is 6.92 Å². The molecule has 0 aliphatic heterocycles. The standard InChI is InChI=1S/C29H62O5Si3/c1-14-19-25-36(10,11)33-29(17-4,18-5)37(12,13)34-28(15-2,16-3)35(8,9)24-20-21-31-22-23-32-27(30)26(6)7/h6,14-25H2,1-5,7-13H3. The van der Waals surface area contributed by atoms with Gasteiger partial charge in [-0.3, -0.25) is 0 Å². The Morgan fingerprint density at radius 3 is 1.73 bits per heavy atom. The normalized spacial score (nSPS) is 13.6. The van der Waals surface area contributed by atoms with Gasteiger partial charge in [0, 0.05) is 17.4 Å². The number of rotatable bonds is 21. The first-order chi connectivity index (χ1) is 17.0. The number of hydrogen-bond acceptors (Lipinski definition) is 5. The molecule has 0 aliphatic carbocycles. The third-order valence-corrected chi connectivity index (χ3v) is 20.3. The molecule has 0 aromatic carbocycles. The van der Waals surface area contributed by atoms with Crippen molar-refractivity contribution < 1.29 is 23.1 Å². The van der Waals surface area contributed by atoms with Crippen LogP contribution < -0.4 is 0 Å². The van der Waals surface area contributed by atoms with Crippen LogP contribution in [0, 0.1) is 0 Å². The monoisotopic (exact) mass is 574 g/mol. The molecule has 0 aliphatic rings. The van der Waals surface area contributed by atoms with Gasteiger partial charge in [-0.15, -0.1) is 0 Å². The SMILES string of the molecule is C=C(C)C(=O)OCCOCCC[Si](C)(C)C(CC)(CC)O[Si](C)(C)C(CC)(CC)O[Si](C)(C)CCCC. The Morgan fingerprint density at radius 2 is 1.27 bits per heavy atom. The van der Waals surface area contributed by atoms with Crippen molar-refractivity contribution in [2.75, 3.05) is 19.8 Å². The minimum absolute atomic E-state index is 0.0756. The van der Waals surface area contributed by atoms with E-state index in [4.69, 9.17) is 18.3 Å². The molecule has 0 saturated carbocycles. The minimum Gasteiger partial charge on any atom is -0.460 e. The fraction of sp³-hybridized carbons (Fsp3) is 0.897. The molecule has 0 spiro atoms. The quantitative estimate of drug-likeness (QED) is 0.0594. The van der Waals surface area contributed by atoms with E-state index in [2.05, 4.69) is 80.5 Å². The van der Waals surface area contributed by atoms with Gasteiger partial charge in [-0.1, -0.05) is 73.2 Å². The van der Waals surface area contributed by atoms with Crippen LogP contribution in [-0.2, 0) is 23.1 Å². The van der Waals surface area contributed by atoms with Gasteiger partial charge < -0.3 is 18.3 Å². The summed E-state index contributed by atoms with van der Waals surface area (Å²) in [6, 6.07) is 2.36. The van der Waals surface area contributed by atoms with E-state index in [0.717, 1.165) is 38.1 Å². The Bertz CT molecular complexity index is 683. The Morgan fingerprint density at radius 1 is 0.730 bits per heavy atom. The zero-order valence-corrected chi connectivity index (χ0v) is 29.7. The first-order valence-corrected chi connectivity index (χ1v) is 24.1. The van der Waals surface area contributed by atoms with E-state index in [-0.39, 0.29) is 23.0 Å². The average molecular weight is 575 g/mol. The highest BCUT2D eigenvalue weighted by atomic mass is 28.4. The molecular weight excluding hydrogens is 513 g/mol. The maximum absolute atomic E-state index is 11.5. The van der Waals surface area contributed by atoms with Gasteiger partial charge in [0.25, 0.3) is 0 Å². The van der Waals surface area contributed by atoms with Gasteiger partial charge >= 0.3 is 5.97 Å². The van der Waals surface area contributed by atoms with E-state index in [1.807, 2.05) is 0 Å². The lowest BCUT2D eigenvalue weighted by molar-refractivity contribution is -0.140. The number of unbranched alkanes of at least 4 members (excludes halogenated alkanes) is 1. The number of carbonyl (C=O) groups excluding carboxylic acids is 1. The third-order valence-electron chi connectivity index (χ3n) is 8.57. The molecule has 37 heavy (non-hydrogen) atoms. The highest BCUT2D eigenvalue weighted by Gasteiger charge is 2.56. The molecule has 0 rings (SSSR count). The predicted molar refractivity (Wildman–Crippen MR) is 167 cm³/mol. The predicted octanol–water partition coefficient (Wildman–Crippen LogP) is 8.66. The highest BCUT2D eigenvalue weighted by Crippen LogP contribution is 2.44. The van der Waals surface area contributed by atoms with Crippen molar-refractivity contribution in [3.05, 3.63) is 12.2 Å². The summed E-state index contributed by atoms with van der Waals surface area (Å²) in [6.45, 7) is 32.8. The van der Waals surface area contributed by atoms with Crippen LogP contribution >= 0.6 is 0 Å². The molecule has 0 atom stereocenters. The molecule has 0 unspecified atom stereocenters. The summed E-state index contributed by atoms with van der Waals surface area (Å²) in [4.78, 5) is 11.5. The van der Waals surface area contributed by atoms with Crippen LogP contribution in [0.2, 0.25) is 51.4 Å². The molecule has 0 saturated heterocycles. The summed E-state index contributed by atoms with van der Waals surface area (Å²) in [7, 11) is -5.82. The van der Waals surface area contributed by atoms with Gasteiger partial charge in [-0.2, -0.15) is 0 Å². The summed E-state index contributed by atoms with van der Waals surface area (Å²) in [5.41, 5.74) is 0.419. The number of esters is 1. The van der Waals surface area contributed by atoms with Gasteiger partial charge in [0.15, 0.2) is 8.32 Å². The van der Waals surface area contributed by atoms with Crippen LogP contribution in [0.5, 0.6) is 0 Å². The maximum atomic E-state index is 11.5. The largest absolute Gasteiger partial charge is 0.460 e. The summed E-state index contributed by atoms with van der Waals surface area (Å²) in [6.07, 6.45) is 7.58. The minimum atomic E-state index is -2.24. The lowest BCUT2D eigenvalue weighted by atomic mass is 10.2. The molecule has 8 heteroatoms. The Hall–Kier alpha value is -0.259. The summed E-state index contributed by atoms with van der Waals surface area (Å²) < 4.78 is 25.7. The van der Waals surface area contributed by atoms with E-state index in [1.165, 1.54) is 18.9 Å². The Kier molecular flexibility index (Phi) is 16.0. The zero-order chi connectivity index (χ0) is 29.0. The first-order valence-electron chi connectivity index (χ1n) is 14.9. The molecule has 220 valence electrons. The van der Waals surface area contributed by atoms with Gasteiger partial charge in [-0.25, -0.2) is 4.79 Å². The number of ether oxygens (including phenoxy) is 2. The van der Waals surface area contributed by atoms with E-state index < -0.39 is 24.7 Å². The second-order valence-corrected chi connectivity index (χ2v) is 26.0. The van der Waals surface area contributed by atoms with Gasteiger partial charge in [0.2, 0.25) is 8.32 Å². The van der Waals surface area contributed by atoms with Crippen LogP contribution in [0.15, 0.2) is 12.2 Å². The number of carbonyl (C=O) groups is 1. The molecule has 5 nitrogen and oxygen atoms in total. The second kappa shape index (κ2) is 16.1. The van der Waals surface area contributed by atoms with Crippen LogP contribution in [-0.4, -0.2) is 60.9 Å². The van der Waals surface area contributed by atoms with Gasteiger partial charge in [-0.05, 0) is 71.3 Å². The van der Waals surface area contributed by atoms with Crippen LogP contribution in [0.1, 0.15) is 86.5 Å². The smallest absolute Gasteiger partial charge is 0.333 e. The molecule has 0 radical (unpaired) electrons. The van der Waals surface area contributed by atoms with Gasteiger partial charge in [0.1, 0.15) is 6.61 Å². The van der Waals surface area contributed by atoms with Crippen LogP contribution in [0.25, 0.3) is 0 Å². The van der Waals surface area contributed by atoms with Crippen molar-refractivity contribution in [3.8, 4) is 0 Å². The fourth-order valence-electron chi connectivity index (χ4n) is 5.88. The lowest BCUT2D eigenvalue weighted by Crippen LogP contribution is -2.68. The van der Waals surface area contributed by atoms with Crippen molar-refractivity contribution >= 4 is 30.7 Å². The fourth-order valence-corrected chi connectivity index (χ4v) is 18.8.